The van der Waals surface area contributed by atoms with Crippen molar-refractivity contribution in [3.8, 4) is 11.5 Å². The van der Waals surface area contributed by atoms with Crippen molar-refractivity contribution >= 4 is 0 Å². The van der Waals surface area contributed by atoms with Crippen LogP contribution in [0.2, 0.25) is 0 Å². The Hall–Kier alpha value is -2.15. The number of hydrogen-bond acceptors (Lipinski definition) is 5. The molecule has 1 aliphatic carbocycles. The van der Waals surface area contributed by atoms with Gasteiger partial charge < -0.3 is 14.4 Å². The lowest BCUT2D eigenvalue weighted by Crippen LogP contribution is -3.13. The lowest BCUT2D eigenvalue weighted by molar-refractivity contribution is -0.932. The molecule has 1 aromatic carbocycles. The molecule has 0 unspecified atom stereocenters. The molecule has 0 radical (unpaired) electrons. The topological polar surface area (TPSA) is 66.5 Å². The molecule has 1 N–H and O–H groups in total. The van der Waals surface area contributed by atoms with E-state index in [2.05, 4.69) is 33.2 Å². The molecular weight excluding hydrogens is 366 g/mol. The van der Waals surface area contributed by atoms with Gasteiger partial charge in [0.05, 0.1) is 38.9 Å². The zero-order chi connectivity index (χ0) is 20.2. The Morgan fingerprint density at radius 3 is 2.48 bits per heavy atom. The predicted molar refractivity (Wildman–Crippen MR) is 110 cm³/mol. The fraction of sp³-hybridized carbons (Fsp3) is 0.682. The number of piperidine rings is 1. The second kappa shape index (κ2) is 9.11. The maximum absolute atomic E-state index is 5.79. The van der Waals surface area contributed by atoms with Gasteiger partial charge in [0.2, 0.25) is 5.82 Å². The number of aromatic nitrogens is 4. The van der Waals surface area contributed by atoms with Crippen LogP contribution in [0, 0.1) is 5.92 Å². The van der Waals surface area contributed by atoms with E-state index in [9.17, 15) is 0 Å². The molecule has 1 aliphatic heterocycles. The standard InChI is InChI=1S/C22H33N5O2/c1-16-11-13-26(14-12-16)21(19-10-9-18(28-2)15-20(19)29-3)22-23-24-25-27(22)17-7-5-4-6-8-17/h9-10,15-17,21H,4-8,11-14H2,1-3H3/p+1/t21-/m1/s1. The normalized spacial score (nSPS) is 24.2. The van der Waals surface area contributed by atoms with Gasteiger partial charge in [-0.05, 0) is 54.2 Å². The first-order valence-corrected chi connectivity index (χ1v) is 11.1. The van der Waals surface area contributed by atoms with Gasteiger partial charge in [0.1, 0.15) is 11.5 Å². The summed E-state index contributed by atoms with van der Waals surface area (Å²) in [5.74, 6) is 3.41. The Bertz CT molecular complexity index is 794. The van der Waals surface area contributed by atoms with Crippen LogP contribution >= 0.6 is 0 Å². The molecule has 2 aromatic rings. The summed E-state index contributed by atoms with van der Waals surface area (Å²) < 4.78 is 13.3. The molecule has 1 saturated carbocycles. The van der Waals surface area contributed by atoms with Gasteiger partial charge in [-0.3, -0.25) is 0 Å². The van der Waals surface area contributed by atoms with E-state index < -0.39 is 0 Å². The van der Waals surface area contributed by atoms with Crippen molar-refractivity contribution in [2.24, 2.45) is 5.92 Å². The highest BCUT2D eigenvalue weighted by Crippen LogP contribution is 2.34. The van der Waals surface area contributed by atoms with Gasteiger partial charge in [-0.25, -0.2) is 4.68 Å². The van der Waals surface area contributed by atoms with E-state index in [0.717, 1.165) is 54.7 Å². The maximum atomic E-state index is 5.79. The molecule has 1 aromatic heterocycles. The van der Waals surface area contributed by atoms with E-state index in [1.54, 1.807) is 14.2 Å². The first-order chi connectivity index (χ1) is 14.2. The molecule has 4 rings (SSSR count). The lowest BCUT2D eigenvalue weighted by atomic mass is 9.93. The van der Waals surface area contributed by atoms with Crippen molar-refractivity contribution in [1.82, 2.24) is 20.2 Å². The van der Waals surface area contributed by atoms with E-state index >= 15 is 0 Å². The van der Waals surface area contributed by atoms with Crippen LogP contribution in [0.1, 0.15) is 75.3 Å². The van der Waals surface area contributed by atoms with E-state index in [1.165, 1.54) is 37.0 Å². The van der Waals surface area contributed by atoms with Crippen LogP contribution in [-0.4, -0.2) is 47.5 Å². The SMILES string of the molecule is COc1ccc([C@H](c2nnnn2C2CCCCC2)[NH+]2CCC(C)CC2)c(OC)c1. The summed E-state index contributed by atoms with van der Waals surface area (Å²) in [4.78, 5) is 1.53. The smallest absolute Gasteiger partial charge is 0.214 e. The maximum Gasteiger partial charge on any atom is 0.214 e. The quantitative estimate of drug-likeness (QED) is 0.807. The number of nitrogens with zero attached hydrogens (tertiary/aromatic N) is 4. The molecular formula is C22H34N5O2+. The van der Waals surface area contributed by atoms with E-state index in [1.807, 2.05) is 12.1 Å². The van der Waals surface area contributed by atoms with Crippen molar-refractivity contribution in [2.75, 3.05) is 27.3 Å². The number of quaternary nitrogens is 1. The van der Waals surface area contributed by atoms with Crippen LogP contribution in [0.3, 0.4) is 0 Å². The average Bonchev–Trinajstić information content (AvgIpc) is 3.25. The fourth-order valence-corrected chi connectivity index (χ4v) is 5.00. The third kappa shape index (κ3) is 4.25. The van der Waals surface area contributed by atoms with Crippen molar-refractivity contribution in [1.29, 1.82) is 0 Å². The third-order valence-electron chi connectivity index (χ3n) is 6.77. The summed E-state index contributed by atoms with van der Waals surface area (Å²) in [5.41, 5.74) is 1.14. The first kappa shape index (κ1) is 20.1. The van der Waals surface area contributed by atoms with Gasteiger partial charge in [-0.1, -0.05) is 26.2 Å². The summed E-state index contributed by atoms with van der Waals surface area (Å²) in [6.07, 6.45) is 8.63. The highest BCUT2D eigenvalue weighted by Gasteiger charge is 2.37. The Labute approximate surface area is 173 Å². The Balaban J connectivity index is 1.75. The van der Waals surface area contributed by atoms with E-state index in [4.69, 9.17) is 9.47 Å². The van der Waals surface area contributed by atoms with Gasteiger partial charge in [0, 0.05) is 6.07 Å². The van der Waals surface area contributed by atoms with Crippen molar-refractivity contribution < 1.29 is 14.4 Å². The molecule has 7 nitrogen and oxygen atoms in total. The number of tetrazole rings is 1. The number of benzene rings is 1. The number of likely N-dealkylation sites (tertiary alicyclic amines) is 1. The molecule has 7 heteroatoms. The van der Waals surface area contributed by atoms with E-state index in [-0.39, 0.29) is 6.04 Å². The minimum Gasteiger partial charge on any atom is -0.497 e. The minimum absolute atomic E-state index is 0.0697. The molecule has 2 heterocycles. The second-order valence-corrected chi connectivity index (χ2v) is 8.66. The van der Waals surface area contributed by atoms with Crippen LogP contribution in [0.25, 0.3) is 0 Å². The largest absolute Gasteiger partial charge is 0.497 e. The molecule has 2 aliphatic rings. The predicted octanol–water partition coefficient (Wildman–Crippen LogP) is 2.60. The van der Waals surface area contributed by atoms with Crippen LogP contribution in [0.15, 0.2) is 18.2 Å². The van der Waals surface area contributed by atoms with Crippen molar-refractivity contribution in [3.05, 3.63) is 29.6 Å². The Morgan fingerprint density at radius 2 is 1.79 bits per heavy atom. The second-order valence-electron chi connectivity index (χ2n) is 8.66. The number of methoxy groups -OCH3 is 2. The molecule has 0 bridgehead atoms. The summed E-state index contributed by atoms with van der Waals surface area (Å²) in [7, 11) is 3.42. The fourth-order valence-electron chi connectivity index (χ4n) is 5.00. The third-order valence-corrected chi connectivity index (χ3v) is 6.77. The summed E-state index contributed by atoms with van der Waals surface area (Å²) >= 11 is 0. The van der Waals surface area contributed by atoms with Crippen molar-refractivity contribution in [2.45, 2.75) is 64.0 Å². The average molecular weight is 401 g/mol. The number of hydrogen-bond donors (Lipinski definition) is 1. The molecule has 158 valence electrons. The minimum atomic E-state index is 0.0697. The highest BCUT2D eigenvalue weighted by atomic mass is 16.5. The van der Waals surface area contributed by atoms with Crippen LogP contribution in [0.5, 0.6) is 11.5 Å². The molecule has 2 fully saturated rings. The number of ether oxygens (including phenoxy) is 2. The highest BCUT2D eigenvalue weighted by molar-refractivity contribution is 5.43. The monoisotopic (exact) mass is 400 g/mol. The van der Waals surface area contributed by atoms with Crippen LogP contribution < -0.4 is 14.4 Å². The zero-order valence-electron chi connectivity index (χ0n) is 17.9. The van der Waals surface area contributed by atoms with Crippen molar-refractivity contribution in [3.63, 3.8) is 0 Å². The summed E-state index contributed by atoms with van der Waals surface area (Å²) in [6, 6.07) is 6.60. The molecule has 0 spiro atoms. The van der Waals surface area contributed by atoms with Crippen LogP contribution in [0.4, 0.5) is 0 Å². The zero-order valence-corrected chi connectivity index (χ0v) is 17.9. The number of nitrogens with one attached hydrogen (secondary N) is 1. The Kier molecular flexibility index (Phi) is 6.33. The van der Waals surface area contributed by atoms with E-state index in [0.29, 0.717) is 6.04 Å². The first-order valence-electron chi connectivity index (χ1n) is 11.1. The molecule has 1 saturated heterocycles. The molecule has 29 heavy (non-hydrogen) atoms. The van der Waals surface area contributed by atoms with Gasteiger partial charge in [-0.15, -0.1) is 5.10 Å². The number of rotatable bonds is 6. The van der Waals surface area contributed by atoms with Gasteiger partial charge >= 0.3 is 0 Å². The summed E-state index contributed by atoms with van der Waals surface area (Å²) in [5, 5.41) is 13.2. The van der Waals surface area contributed by atoms with Crippen LogP contribution in [-0.2, 0) is 0 Å². The Morgan fingerprint density at radius 1 is 1.03 bits per heavy atom. The van der Waals surface area contributed by atoms with Gasteiger partial charge in [0.25, 0.3) is 0 Å². The molecule has 1 atom stereocenters. The van der Waals surface area contributed by atoms with Gasteiger partial charge in [-0.2, -0.15) is 0 Å². The lowest BCUT2D eigenvalue weighted by Gasteiger charge is -2.34. The van der Waals surface area contributed by atoms with Gasteiger partial charge in [0.15, 0.2) is 6.04 Å². The molecule has 0 amide bonds. The summed E-state index contributed by atoms with van der Waals surface area (Å²) in [6.45, 7) is 4.60.